The lowest BCUT2D eigenvalue weighted by molar-refractivity contribution is -0.122. The Hall–Kier alpha value is -1.36. The molecule has 1 aliphatic carbocycles. The fourth-order valence-electron chi connectivity index (χ4n) is 2.95. The number of hydrogen-bond donors (Lipinski definition) is 2. The fourth-order valence-corrected chi connectivity index (χ4v) is 2.95. The second kappa shape index (κ2) is 6.88. The summed E-state index contributed by atoms with van der Waals surface area (Å²) in [6, 6.07) is 0.189. The molecule has 3 N–H and O–H groups in total. The Balaban J connectivity index is 1.88. The van der Waals surface area contributed by atoms with Crippen molar-refractivity contribution in [2.24, 2.45) is 11.7 Å². The summed E-state index contributed by atoms with van der Waals surface area (Å²) in [5.74, 6) is 1.30. The topological polar surface area (TPSA) is 81.2 Å². The highest BCUT2D eigenvalue weighted by Gasteiger charge is 2.26. The van der Waals surface area contributed by atoms with E-state index in [4.69, 9.17) is 10.3 Å². The van der Waals surface area contributed by atoms with Gasteiger partial charge in [0.05, 0.1) is 5.69 Å². The van der Waals surface area contributed by atoms with Crippen LogP contribution in [0.15, 0.2) is 4.52 Å². The smallest absolute Gasteiger partial charge is 0.220 e. The third kappa shape index (κ3) is 3.39. The molecule has 20 heavy (non-hydrogen) atoms. The van der Waals surface area contributed by atoms with Crippen LogP contribution in [0.1, 0.15) is 56.5 Å². The molecule has 0 bridgehead atoms. The first-order valence-electron chi connectivity index (χ1n) is 7.64. The molecule has 1 fully saturated rings. The largest absolute Gasteiger partial charge is 0.361 e. The molecule has 1 aromatic rings. The van der Waals surface area contributed by atoms with Gasteiger partial charge in [0.25, 0.3) is 0 Å². The third-order valence-corrected chi connectivity index (χ3v) is 4.23. The van der Waals surface area contributed by atoms with Gasteiger partial charge in [-0.3, -0.25) is 4.79 Å². The van der Waals surface area contributed by atoms with Crippen LogP contribution in [0.25, 0.3) is 0 Å². The highest BCUT2D eigenvalue weighted by molar-refractivity contribution is 5.76. The van der Waals surface area contributed by atoms with Crippen LogP contribution in [0.3, 0.4) is 0 Å². The van der Waals surface area contributed by atoms with Crippen molar-refractivity contribution in [3.8, 4) is 0 Å². The zero-order valence-corrected chi connectivity index (χ0v) is 12.4. The molecule has 1 saturated carbocycles. The first kappa shape index (κ1) is 15.0. The lowest BCUT2D eigenvalue weighted by Crippen LogP contribution is -2.31. The molecule has 0 spiro atoms. The van der Waals surface area contributed by atoms with Crippen LogP contribution in [0.4, 0.5) is 0 Å². The molecule has 0 unspecified atom stereocenters. The van der Waals surface area contributed by atoms with Crippen molar-refractivity contribution in [2.75, 3.05) is 0 Å². The van der Waals surface area contributed by atoms with Crippen molar-refractivity contribution < 1.29 is 9.32 Å². The van der Waals surface area contributed by atoms with E-state index in [1.807, 2.05) is 13.8 Å². The number of amides is 1. The summed E-state index contributed by atoms with van der Waals surface area (Å²) in [4.78, 5) is 12.0. The molecule has 5 nitrogen and oxygen atoms in total. The van der Waals surface area contributed by atoms with E-state index in [9.17, 15) is 4.79 Å². The van der Waals surface area contributed by atoms with Crippen LogP contribution in [0, 0.1) is 5.92 Å². The zero-order valence-electron chi connectivity index (χ0n) is 12.4. The van der Waals surface area contributed by atoms with Gasteiger partial charge in [-0.05, 0) is 25.2 Å². The molecular formula is C15H25N3O2. The SMILES string of the molecule is CCc1noc(CC)c1CNC(=O)C[C@@H]1CCC[C@H]1N. The number of nitrogens with two attached hydrogens (primary N) is 1. The van der Waals surface area contributed by atoms with Crippen molar-refractivity contribution in [3.05, 3.63) is 17.0 Å². The van der Waals surface area contributed by atoms with E-state index in [-0.39, 0.29) is 11.9 Å². The van der Waals surface area contributed by atoms with Gasteiger partial charge in [-0.2, -0.15) is 0 Å². The predicted molar refractivity (Wildman–Crippen MR) is 77.0 cm³/mol. The predicted octanol–water partition coefficient (Wildman–Crippen LogP) is 1.93. The summed E-state index contributed by atoms with van der Waals surface area (Å²) in [6.45, 7) is 4.58. The first-order valence-corrected chi connectivity index (χ1v) is 7.64. The van der Waals surface area contributed by atoms with Crippen LogP contribution >= 0.6 is 0 Å². The van der Waals surface area contributed by atoms with Gasteiger partial charge in [0, 0.05) is 31.0 Å². The number of carbonyl (C=O) groups excluding carboxylic acids is 1. The van der Waals surface area contributed by atoms with Crippen LogP contribution < -0.4 is 11.1 Å². The third-order valence-electron chi connectivity index (χ3n) is 4.23. The minimum Gasteiger partial charge on any atom is -0.361 e. The highest BCUT2D eigenvalue weighted by atomic mass is 16.5. The molecule has 0 radical (unpaired) electrons. The highest BCUT2D eigenvalue weighted by Crippen LogP contribution is 2.26. The van der Waals surface area contributed by atoms with Gasteiger partial charge >= 0.3 is 0 Å². The van der Waals surface area contributed by atoms with Crippen molar-refractivity contribution in [3.63, 3.8) is 0 Å². The quantitative estimate of drug-likeness (QED) is 0.833. The Bertz CT molecular complexity index is 434. The monoisotopic (exact) mass is 279 g/mol. The van der Waals surface area contributed by atoms with Gasteiger partial charge in [-0.1, -0.05) is 25.4 Å². The van der Waals surface area contributed by atoms with E-state index in [2.05, 4.69) is 10.5 Å². The molecule has 0 saturated heterocycles. The van der Waals surface area contributed by atoms with Crippen LogP contribution in [-0.4, -0.2) is 17.1 Å². The summed E-state index contributed by atoms with van der Waals surface area (Å²) in [6.07, 6.45) is 5.42. The number of nitrogens with one attached hydrogen (secondary N) is 1. The van der Waals surface area contributed by atoms with E-state index >= 15 is 0 Å². The van der Waals surface area contributed by atoms with E-state index in [1.165, 1.54) is 0 Å². The Morgan fingerprint density at radius 2 is 2.20 bits per heavy atom. The fraction of sp³-hybridized carbons (Fsp3) is 0.733. The van der Waals surface area contributed by atoms with Crippen LogP contribution in [-0.2, 0) is 24.2 Å². The molecule has 5 heteroatoms. The molecule has 112 valence electrons. The average molecular weight is 279 g/mol. The second-order valence-corrected chi connectivity index (χ2v) is 5.57. The van der Waals surface area contributed by atoms with Crippen LogP contribution in [0.5, 0.6) is 0 Å². The van der Waals surface area contributed by atoms with Crippen LogP contribution in [0.2, 0.25) is 0 Å². The van der Waals surface area contributed by atoms with Gasteiger partial charge < -0.3 is 15.6 Å². The van der Waals surface area contributed by atoms with Gasteiger partial charge in [0.1, 0.15) is 5.76 Å². The summed E-state index contributed by atoms with van der Waals surface area (Å²) >= 11 is 0. The molecule has 1 amide bonds. The molecule has 1 aliphatic rings. The Morgan fingerprint density at radius 1 is 1.40 bits per heavy atom. The summed E-state index contributed by atoms with van der Waals surface area (Å²) < 4.78 is 5.30. The Morgan fingerprint density at radius 3 is 2.80 bits per heavy atom. The summed E-state index contributed by atoms with van der Waals surface area (Å²) in [7, 11) is 0. The van der Waals surface area contributed by atoms with Gasteiger partial charge in [0.15, 0.2) is 0 Å². The van der Waals surface area contributed by atoms with E-state index < -0.39 is 0 Å². The van der Waals surface area contributed by atoms with Gasteiger partial charge in [-0.25, -0.2) is 0 Å². The number of nitrogens with zero attached hydrogens (tertiary/aromatic N) is 1. The minimum absolute atomic E-state index is 0.0812. The number of rotatable bonds is 6. The van der Waals surface area contributed by atoms with Crippen molar-refractivity contribution in [1.29, 1.82) is 0 Å². The lowest BCUT2D eigenvalue weighted by Gasteiger charge is -2.14. The summed E-state index contributed by atoms with van der Waals surface area (Å²) in [5, 5.41) is 7.04. The molecule has 2 atom stereocenters. The van der Waals surface area contributed by atoms with Gasteiger partial charge in [0.2, 0.25) is 5.91 Å². The number of hydrogen-bond acceptors (Lipinski definition) is 4. The van der Waals surface area contributed by atoms with Crippen molar-refractivity contribution >= 4 is 5.91 Å². The van der Waals surface area contributed by atoms with E-state index in [0.29, 0.717) is 18.9 Å². The number of aromatic nitrogens is 1. The number of carbonyl (C=O) groups is 1. The standard InChI is InChI=1S/C15H25N3O2/c1-3-13-11(14(4-2)20-18-13)9-17-15(19)8-10-6-5-7-12(10)16/h10,12H,3-9,16H2,1-2H3,(H,17,19)/t10-,12+/m0/s1. The van der Waals surface area contributed by atoms with E-state index in [0.717, 1.165) is 49.1 Å². The van der Waals surface area contributed by atoms with Crippen molar-refractivity contribution in [2.45, 2.75) is 65.0 Å². The normalized spacial score (nSPS) is 22.1. The maximum atomic E-state index is 12.0. The van der Waals surface area contributed by atoms with Crippen molar-refractivity contribution in [1.82, 2.24) is 10.5 Å². The average Bonchev–Trinajstić information content (AvgIpc) is 3.02. The van der Waals surface area contributed by atoms with E-state index in [1.54, 1.807) is 0 Å². The molecule has 1 aromatic heterocycles. The second-order valence-electron chi connectivity index (χ2n) is 5.57. The maximum Gasteiger partial charge on any atom is 0.220 e. The molecular weight excluding hydrogens is 254 g/mol. The summed E-state index contributed by atoms with van der Waals surface area (Å²) in [5.41, 5.74) is 7.99. The van der Waals surface area contributed by atoms with Gasteiger partial charge in [-0.15, -0.1) is 0 Å². The molecule has 1 heterocycles. The minimum atomic E-state index is 0.0812. The molecule has 0 aromatic carbocycles. The number of aryl methyl sites for hydroxylation is 2. The lowest BCUT2D eigenvalue weighted by atomic mass is 10.00. The first-order chi connectivity index (χ1) is 9.65. The Labute approximate surface area is 120 Å². The Kier molecular flexibility index (Phi) is 5.17. The molecule has 0 aliphatic heterocycles. The zero-order chi connectivity index (χ0) is 14.5. The maximum absolute atomic E-state index is 12.0. The molecule has 2 rings (SSSR count).